The van der Waals surface area contributed by atoms with Crippen LogP contribution in [-0.4, -0.2) is 85.2 Å². The zero-order valence-electron chi connectivity index (χ0n) is 28.3. The Balaban J connectivity index is 1.30. The lowest BCUT2D eigenvalue weighted by atomic mass is 9.80. The van der Waals surface area contributed by atoms with E-state index in [-0.39, 0.29) is 5.54 Å². The predicted molar refractivity (Wildman–Crippen MR) is 180 cm³/mol. The topological polar surface area (TPSA) is 38.7 Å². The second kappa shape index (κ2) is 14.5. The molecule has 6 heteroatoms. The molecule has 2 aliphatic rings. The van der Waals surface area contributed by atoms with Crippen LogP contribution in [-0.2, 0) is 0 Å². The van der Waals surface area contributed by atoms with Gasteiger partial charge in [-0.25, -0.2) is 0 Å². The molecule has 2 saturated heterocycles. The number of anilines is 2. The monoisotopic (exact) mass is 576 g/mol. The number of rotatable bonds is 12. The van der Waals surface area contributed by atoms with Gasteiger partial charge in [0.15, 0.2) is 0 Å². The number of hydrogen-bond donors (Lipinski definition) is 0. The van der Waals surface area contributed by atoms with Crippen LogP contribution in [0.15, 0.2) is 36.7 Å². The van der Waals surface area contributed by atoms with Crippen LogP contribution < -0.4 is 9.80 Å². The first kappa shape index (κ1) is 32.7. The third kappa shape index (κ3) is 7.85. The van der Waals surface area contributed by atoms with Crippen molar-refractivity contribution in [2.24, 2.45) is 11.8 Å². The lowest BCUT2D eigenvalue weighted by Gasteiger charge is -2.47. The largest absolute Gasteiger partial charge is 0.370 e. The number of aromatic nitrogens is 2. The van der Waals surface area contributed by atoms with Crippen LogP contribution in [0.3, 0.4) is 0 Å². The van der Waals surface area contributed by atoms with Gasteiger partial charge in [-0.15, -0.1) is 0 Å². The van der Waals surface area contributed by atoms with Crippen LogP contribution in [0.5, 0.6) is 0 Å². The number of nitrogens with zero attached hydrogens (tertiary/aromatic N) is 6. The molecule has 2 aliphatic heterocycles. The minimum Gasteiger partial charge on any atom is -0.370 e. The average Bonchev–Trinajstić information content (AvgIpc) is 3.02. The normalized spacial score (nSPS) is 22.5. The fourth-order valence-electron chi connectivity index (χ4n) is 6.94. The molecule has 5 atom stereocenters. The van der Waals surface area contributed by atoms with Crippen molar-refractivity contribution in [3.8, 4) is 0 Å². The van der Waals surface area contributed by atoms with Gasteiger partial charge in [-0.2, -0.15) is 0 Å². The van der Waals surface area contributed by atoms with E-state index in [9.17, 15) is 0 Å². The van der Waals surface area contributed by atoms with E-state index in [1.807, 2.05) is 0 Å². The summed E-state index contributed by atoms with van der Waals surface area (Å²) in [7, 11) is 6.73. The van der Waals surface area contributed by atoms with Gasteiger partial charge in [-0.05, 0) is 135 Å². The van der Waals surface area contributed by atoms with Gasteiger partial charge in [-0.1, -0.05) is 20.8 Å². The molecule has 2 aromatic rings. The van der Waals surface area contributed by atoms with Gasteiger partial charge in [0, 0.05) is 49.1 Å². The summed E-state index contributed by atoms with van der Waals surface area (Å²) >= 11 is 0. The zero-order chi connectivity index (χ0) is 30.4. The summed E-state index contributed by atoms with van der Waals surface area (Å²) < 4.78 is 0. The Bertz CT molecular complexity index is 1080. The van der Waals surface area contributed by atoms with E-state index in [1.165, 1.54) is 48.4 Å². The summed E-state index contributed by atoms with van der Waals surface area (Å²) in [6, 6.07) is 9.73. The van der Waals surface area contributed by atoms with Gasteiger partial charge >= 0.3 is 0 Å². The molecule has 4 unspecified atom stereocenters. The summed E-state index contributed by atoms with van der Waals surface area (Å²) in [5.74, 6) is 2.31. The summed E-state index contributed by atoms with van der Waals surface area (Å²) in [6.07, 6.45) is 11.6. The molecule has 0 radical (unpaired) electrons. The molecule has 0 saturated carbocycles. The highest BCUT2D eigenvalue weighted by Gasteiger charge is 2.36. The van der Waals surface area contributed by atoms with Gasteiger partial charge < -0.3 is 19.6 Å². The van der Waals surface area contributed by atoms with Crippen molar-refractivity contribution in [3.63, 3.8) is 0 Å². The Morgan fingerprint density at radius 3 is 1.95 bits per heavy atom. The zero-order valence-corrected chi connectivity index (χ0v) is 28.3. The summed E-state index contributed by atoms with van der Waals surface area (Å²) in [6.45, 7) is 19.7. The highest BCUT2D eigenvalue weighted by atomic mass is 15.2. The van der Waals surface area contributed by atoms with Crippen LogP contribution in [0.1, 0.15) is 103 Å². The summed E-state index contributed by atoms with van der Waals surface area (Å²) in [5.41, 5.74) is 5.13. The highest BCUT2D eigenvalue weighted by molar-refractivity contribution is 5.46. The summed E-state index contributed by atoms with van der Waals surface area (Å²) in [5, 5.41) is 0. The lowest BCUT2D eigenvalue weighted by molar-refractivity contribution is 0.0764. The second-order valence-corrected chi connectivity index (χ2v) is 14.3. The van der Waals surface area contributed by atoms with Gasteiger partial charge in [0.25, 0.3) is 0 Å². The van der Waals surface area contributed by atoms with Crippen molar-refractivity contribution in [2.75, 3.05) is 63.7 Å². The average molecular weight is 577 g/mol. The number of piperidine rings is 2. The van der Waals surface area contributed by atoms with Crippen molar-refractivity contribution >= 4 is 11.4 Å². The Kier molecular flexibility index (Phi) is 11.3. The Morgan fingerprint density at radius 2 is 1.40 bits per heavy atom. The van der Waals surface area contributed by atoms with E-state index in [0.29, 0.717) is 29.7 Å². The Morgan fingerprint density at radius 1 is 0.833 bits per heavy atom. The fourth-order valence-corrected chi connectivity index (χ4v) is 6.94. The molecule has 234 valence electrons. The van der Waals surface area contributed by atoms with Crippen molar-refractivity contribution in [1.29, 1.82) is 0 Å². The summed E-state index contributed by atoms with van der Waals surface area (Å²) in [4.78, 5) is 19.9. The smallest absolute Gasteiger partial charge is 0.0553 e. The van der Waals surface area contributed by atoms with Gasteiger partial charge in [0.2, 0.25) is 0 Å². The standard InChI is InChI=1S/C36H60N6/c1-10-27(2)34-17-15-33(24-37-34)42-21-12-14-31(26-42)36(5,6)40(9)22-19-28(3)35-18-16-32(23-38-35)41-20-11-13-30(25-41)29(4)39(7)8/h15-18,23-24,27-31H,10-14,19-22,25-26H2,1-9H3/t27?,28?,29?,30-,31?/m0/s1. The molecule has 0 spiro atoms. The Labute approximate surface area is 257 Å². The van der Waals surface area contributed by atoms with Crippen LogP contribution in [0.25, 0.3) is 0 Å². The molecule has 0 amide bonds. The maximum Gasteiger partial charge on any atom is 0.0553 e. The van der Waals surface area contributed by atoms with E-state index in [4.69, 9.17) is 9.97 Å². The molecule has 0 aromatic carbocycles. The molecule has 2 fully saturated rings. The highest BCUT2D eigenvalue weighted by Crippen LogP contribution is 2.34. The third-order valence-electron chi connectivity index (χ3n) is 11.2. The van der Waals surface area contributed by atoms with Gasteiger partial charge in [0.1, 0.15) is 0 Å². The van der Waals surface area contributed by atoms with Crippen molar-refractivity contribution < 1.29 is 0 Å². The van der Waals surface area contributed by atoms with Gasteiger partial charge in [-0.3, -0.25) is 9.97 Å². The molecule has 4 heterocycles. The molecule has 6 nitrogen and oxygen atoms in total. The van der Waals surface area contributed by atoms with Crippen molar-refractivity contribution in [1.82, 2.24) is 19.8 Å². The number of hydrogen-bond acceptors (Lipinski definition) is 6. The van der Waals surface area contributed by atoms with Crippen molar-refractivity contribution in [3.05, 3.63) is 48.0 Å². The molecule has 0 aliphatic carbocycles. The van der Waals surface area contributed by atoms with E-state index < -0.39 is 0 Å². The lowest BCUT2D eigenvalue weighted by Crippen LogP contribution is -2.53. The van der Waals surface area contributed by atoms with E-state index in [2.05, 4.69) is 119 Å². The maximum atomic E-state index is 4.97. The quantitative estimate of drug-likeness (QED) is 0.264. The predicted octanol–water partition coefficient (Wildman–Crippen LogP) is 7.28. The van der Waals surface area contributed by atoms with Crippen LogP contribution in [0, 0.1) is 11.8 Å². The molecule has 0 N–H and O–H groups in total. The molecule has 42 heavy (non-hydrogen) atoms. The minimum absolute atomic E-state index is 0.133. The first-order chi connectivity index (χ1) is 20.0. The molecular weight excluding hydrogens is 516 g/mol. The molecule has 0 bridgehead atoms. The number of pyridine rings is 2. The molecular formula is C36H60N6. The van der Waals surface area contributed by atoms with E-state index >= 15 is 0 Å². The molecule has 2 aromatic heterocycles. The van der Waals surface area contributed by atoms with Crippen LogP contribution in [0.4, 0.5) is 11.4 Å². The fraction of sp³-hybridized carbons (Fsp3) is 0.722. The van der Waals surface area contributed by atoms with Gasteiger partial charge in [0.05, 0.1) is 23.8 Å². The second-order valence-electron chi connectivity index (χ2n) is 14.3. The first-order valence-electron chi connectivity index (χ1n) is 16.8. The minimum atomic E-state index is 0.133. The first-order valence-corrected chi connectivity index (χ1v) is 16.8. The SMILES string of the molecule is CCC(C)c1ccc(N2CCCC(C(C)(C)N(C)CCC(C)c3ccc(N4CCC[C@H](C(C)N(C)C)C4)cn3)C2)cn1. The van der Waals surface area contributed by atoms with Crippen LogP contribution in [0.2, 0.25) is 0 Å². The van der Waals surface area contributed by atoms with Crippen molar-refractivity contribution in [2.45, 2.75) is 103 Å². The maximum absolute atomic E-state index is 4.97. The van der Waals surface area contributed by atoms with E-state index in [0.717, 1.165) is 45.6 Å². The molecule has 4 rings (SSSR count). The Hall–Kier alpha value is -2.18. The van der Waals surface area contributed by atoms with Crippen LogP contribution >= 0.6 is 0 Å². The third-order valence-corrected chi connectivity index (χ3v) is 11.2. The van der Waals surface area contributed by atoms with E-state index in [1.54, 1.807) is 0 Å².